The number of anilines is 1. The van der Waals surface area contributed by atoms with Crippen LogP contribution in [0.5, 0.6) is 5.88 Å². The van der Waals surface area contributed by atoms with Crippen molar-refractivity contribution in [2.75, 3.05) is 18.7 Å². The van der Waals surface area contributed by atoms with Gasteiger partial charge in [-0.15, -0.1) is 0 Å². The molecule has 0 aliphatic heterocycles. The third-order valence-corrected chi connectivity index (χ3v) is 4.27. The molecule has 0 fully saturated rings. The molecule has 0 saturated carbocycles. The van der Waals surface area contributed by atoms with Crippen molar-refractivity contribution in [2.24, 2.45) is 0 Å². The number of nitrogens with one attached hydrogen (secondary N) is 1. The number of sulfone groups is 1. The zero-order chi connectivity index (χ0) is 15.5. The molecule has 0 bridgehead atoms. The minimum Gasteiger partial charge on any atom is -0.481 e. The second-order valence-corrected chi connectivity index (χ2v) is 6.81. The molecule has 1 atom stereocenters. The van der Waals surface area contributed by atoms with E-state index in [9.17, 15) is 8.42 Å². The van der Waals surface area contributed by atoms with Crippen LogP contribution in [0.2, 0.25) is 0 Å². The third kappa shape index (κ3) is 3.95. The molecule has 0 spiro atoms. The van der Waals surface area contributed by atoms with Crippen molar-refractivity contribution in [3.63, 3.8) is 0 Å². The molecule has 1 N–H and O–H groups in total. The summed E-state index contributed by atoms with van der Waals surface area (Å²) in [5.74, 6) is 0.561. The molecular formula is C15H18N2O3S. The number of ether oxygens (including phenoxy) is 1. The van der Waals surface area contributed by atoms with Gasteiger partial charge in [-0.05, 0) is 30.7 Å². The van der Waals surface area contributed by atoms with E-state index >= 15 is 0 Å². The van der Waals surface area contributed by atoms with Crippen LogP contribution in [0.4, 0.5) is 5.69 Å². The van der Waals surface area contributed by atoms with Gasteiger partial charge in [0.15, 0.2) is 9.84 Å². The highest BCUT2D eigenvalue weighted by molar-refractivity contribution is 7.90. The summed E-state index contributed by atoms with van der Waals surface area (Å²) >= 11 is 0. The Morgan fingerprint density at radius 3 is 2.29 bits per heavy atom. The molecule has 0 aliphatic carbocycles. The maximum Gasteiger partial charge on any atom is 0.213 e. The van der Waals surface area contributed by atoms with Crippen LogP contribution in [-0.4, -0.2) is 26.8 Å². The van der Waals surface area contributed by atoms with Crippen LogP contribution in [-0.2, 0) is 9.84 Å². The second-order valence-electron chi connectivity index (χ2n) is 4.80. The Kier molecular flexibility index (Phi) is 4.47. The number of pyridine rings is 1. The van der Waals surface area contributed by atoms with Crippen LogP contribution in [0, 0.1) is 0 Å². The first-order chi connectivity index (χ1) is 9.90. The third-order valence-electron chi connectivity index (χ3n) is 3.14. The van der Waals surface area contributed by atoms with Crippen molar-refractivity contribution in [2.45, 2.75) is 17.9 Å². The lowest BCUT2D eigenvalue weighted by Gasteiger charge is -2.16. The summed E-state index contributed by atoms with van der Waals surface area (Å²) < 4.78 is 27.9. The minimum absolute atomic E-state index is 0.0359. The normalized spacial score (nSPS) is 12.7. The highest BCUT2D eigenvalue weighted by atomic mass is 32.2. The van der Waals surface area contributed by atoms with Crippen LogP contribution in [0.25, 0.3) is 0 Å². The molecule has 0 saturated heterocycles. The molecule has 2 rings (SSSR count). The highest BCUT2D eigenvalue weighted by Gasteiger charge is 2.09. The van der Waals surface area contributed by atoms with Gasteiger partial charge in [0.2, 0.25) is 5.88 Å². The predicted octanol–water partition coefficient (Wildman–Crippen LogP) is 2.67. The zero-order valence-corrected chi connectivity index (χ0v) is 13.0. The average molecular weight is 306 g/mol. The molecule has 0 radical (unpaired) electrons. The minimum atomic E-state index is -3.16. The Morgan fingerprint density at radius 2 is 1.81 bits per heavy atom. The van der Waals surface area contributed by atoms with E-state index in [4.69, 9.17) is 4.74 Å². The van der Waals surface area contributed by atoms with E-state index in [1.807, 2.05) is 25.1 Å². The van der Waals surface area contributed by atoms with Crippen LogP contribution in [0.3, 0.4) is 0 Å². The van der Waals surface area contributed by atoms with Gasteiger partial charge in [0, 0.05) is 18.4 Å². The lowest BCUT2D eigenvalue weighted by molar-refractivity contribution is 0.398. The highest BCUT2D eigenvalue weighted by Crippen LogP contribution is 2.21. The van der Waals surface area contributed by atoms with E-state index in [-0.39, 0.29) is 6.04 Å². The van der Waals surface area contributed by atoms with Crippen molar-refractivity contribution >= 4 is 15.5 Å². The SMILES string of the molecule is COc1ccc(NC(C)c2ccc(S(C)(=O)=O)cc2)cn1. The molecule has 112 valence electrons. The summed E-state index contributed by atoms with van der Waals surface area (Å²) in [6.45, 7) is 2.00. The standard InChI is InChI=1S/C15H18N2O3S/c1-11(17-13-6-9-15(20-2)16-10-13)12-4-7-14(8-5-12)21(3,18)19/h4-11,17H,1-3H3. The van der Waals surface area contributed by atoms with E-state index in [0.29, 0.717) is 10.8 Å². The van der Waals surface area contributed by atoms with E-state index in [0.717, 1.165) is 11.3 Å². The van der Waals surface area contributed by atoms with Gasteiger partial charge in [-0.25, -0.2) is 13.4 Å². The molecule has 1 unspecified atom stereocenters. The largest absolute Gasteiger partial charge is 0.481 e. The van der Waals surface area contributed by atoms with E-state index in [2.05, 4.69) is 10.3 Å². The maximum atomic E-state index is 11.4. The quantitative estimate of drug-likeness (QED) is 0.920. The van der Waals surface area contributed by atoms with Crippen LogP contribution >= 0.6 is 0 Å². The zero-order valence-electron chi connectivity index (χ0n) is 12.2. The van der Waals surface area contributed by atoms with Gasteiger partial charge in [-0.2, -0.15) is 0 Å². The monoisotopic (exact) mass is 306 g/mol. The summed E-state index contributed by atoms with van der Waals surface area (Å²) in [6.07, 6.45) is 2.90. The molecular weight excluding hydrogens is 288 g/mol. The van der Waals surface area contributed by atoms with E-state index < -0.39 is 9.84 Å². The number of nitrogens with zero attached hydrogens (tertiary/aromatic N) is 1. The number of methoxy groups -OCH3 is 1. The van der Waals surface area contributed by atoms with Crippen molar-refractivity contribution < 1.29 is 13.2 Å². The molecule has 21 heavy (non-hydrogen) atoms. The molecule has 1 aromatic carbocycles. The van der Waals surface area contributed by atoms with E-state index in [1.54, 1.807) is 31.5 Å². The molecule has 6 heteroatoms. The Morgan fingerprint density at radius 1 is 1.14 bits per heavy atom. The fourth-order valence-electron chi connectivity index (χ4n) is 1.92. The summed E-state index contributed by atoms with van der Waals surface area (Å²) in [5.41, 5.74) is 1.87. The Labute approximate surface area is 124 Å². The number of aromatic nitrogens is 1. The van der Waals surface area contributed by atoms with Crippen molar-refractivity contribution in [3.8, 4) is 5.88 Å². The van der Waals surface area contributed by atoms with Gasteiger partial charge in [0.05, 0.1) is 23.9 Å². The molecule has 0 amide bonds. The van der Waals surface area contributed by atoms with Crippen LogP contribution in [0.1, 0.15) is 18.5 Å². The summed E-state index contributed by atoms with van der Waals surface area (Å²) in [4.78, 5) is 4.45. The van der Waals surface area contributed by atoms with Gasteiger partial charge in [-0.3, -0.25) is 0 Å². The Balaban J connectivity index is 2.10. The molecule has 5 nitrogen and oxygen atoms in total. The fourth-order valence-corrected chi connectivity index (χ4v) is 2.55. The predicted molar refractivity (Wildman–Crippen MR) is 82.4 cm³/mol. The molecule has 1 aromatic heterocycles. The first-order valence-corrected chi connectivity index (χ1v) is 8.36. The molecule has 2 aromatic rings. The fraction of sp³-hybridized carbons (Fsp3) is 0.267. The van der Waals surface area contributed by atoms with Gasteiger partial charge in [0.25, 0.3) is 0 Å². The lowest BCUT2D eigenvalue weighted by atomic mass is 10.1. The van der Waals surface area contributed by atoms with Crippen LogP contribution < -0.4 is 10.1 Å². The van der Waals surface area contributed by atoms with Gasteiger partial charge in [0.1, 0.15) is 0 Å². The Hall–Kier alpha value is -2.08. The van der Waals surface area contributed by atoms with Gasteiger partial charge in [-0.1, -0.05) is 12.1 Å². The summed E-state index contributed by atoms with van der Waals surface area (Å²) in [6, 6.07) is 10.6. The van der Waals surface area contributed by atoms with Crippen molar-refractivity contribution in [1.82, 2.24) is 4.98 Å². The van der Waals surface area contributed by atoms with Gasteiger partial charge < -0.3 is 10.1 Å². The van der Waals surface area contributed by atoms with Gasteiger partial charge >= 0.3 is 0 Å². The van der Waals surface area contributed by atoms with Crippen molar-refractivity contribution in [3.05, 3.63) is 48.2 Å². The Bertz CT molecular complexity index is 695. The first kappa shape index (κ1) is 15.3. The van der Waals surface area contributed by atoms with Crippen LogP contribution in [0.15, 0.2) is 47.5 Å². The van der Waals surface area contributed by atoms with E-state index in [1.165, 1.54) is 6.26 Å². The number of hydrogen-bond acceptors (Lipinski definition) is 5. The first-order valence-electron chi connectivity index (χ1n) is 6.47. The maximum absolute atomic E-state index is 11.4. The molecule has 1 heterocycles. The summed E-state index contributed by atoms with van der Waals surface area (Å²) in [7, 11) is -1.59. The number of hydrogen-bond donors (Lipinski definition) is 1. The molecule has 0 aliphatic rings. The average Bonchev–Trinajstić information content (AvgIpc) is 2.47. The lowest BCUT2D eigenvalue weighted by Crippen LogP contribution is -2.07. The summed E-state index contributed by atoms with van der Waals surface area (Å²) in [5, 5.41) is 3.30. The number of rotatable bonds is 5. The smallest absolute Gasteiger partial charge is 0.213 e. The topological polar surface area (TPSA) is 68.3 Å². The number of benzene rings is 1. The van der Waals surface area contributed by atoms with Crippen molar-refractivity contribution in [1.29, 1.82) is 0 Å². The second kappa shape index (κ2) is 6.13.